The standard InChI is InChI=1S/C58H96N2.Pd/c1-7-13-15-17-19-21-23-25-27-28-30-32-34-36-38-40-42-44-58(60-56-48-46-52(10-4)54(12-6)50-56)57(59-55-47-45-51(9-3)53(11-5)49-55)43-41-39-37-35-33-31-29-26-24-22-20-18-16-14-8-2;/h45-50H,7-40,42,44H2,1-6H3;/b59-57+,60-58+;. The Morgan fingerprint density at radius 3 is 1.07 bits per heavy atom. The van der Waals surface area contributed by atoms with Gasteiger partial charge in [0.05, 0.1) is 17.1 Å². The van der Waals surface area contributed by atoms with Crippen molar-refractivity contribution in [2.24, 2.45) is 9.98 Å². The number of hydrogen-bond acceptors (Lipinski definition) is 2. The fourth-order valence-electron chi connectivity index (χ4n) is 8.78. The van der Waals surface area contributed by atoms with Crippen LogP contribution >= 0.6 is 0 Å². The molecule has 61 heavy (non-hydrogen) atoms. The predicted octanol–water partition coefficient (Wildman–Crippen LogP) is 19.3. The fraction of sp³-hybridized carbons (Fsp3) is 0.724. The van der Waals surface area contributed by atoms with Crippen LogP contribution in [0, 0.1) is 11.8 Å². The maximum absolute atomic E-state index is 5.40. The van der Waals surface area contributed by atoms with E-state index < -0.39 is 0 Å². The molecule has 0 fully saturated rings. The van der Waals surface area contributed by atoms with Crippen LogP contribution in [-0.4, -0.2) is 11.4 Å². The monoisotopic (exact) mass is 927 g/mol. The van der Waals surface area contributed by atoms with Gasteiger partial charge < -0.3 is 0 Å². The average molecular weight is 928 g/mol. The second kappa shape index (κ2) is 40.8. The van der Waals surface area contributed by atoms with E-state index in [2.05, 4.69) is 89.8 Å². The van der Waals surface area contributed by atoms with Gasteiger partial charge >= 0.3 is 0 Å². The summed E-state index contributed by atoms with van der Waals surface area (Å²) in [5.74, 6) is 7.23. The Bertz CT molecular complexity index is 1460. The van der Waals surface area contributed by atoms with Crippen molar-refractivity contribution >= 4 is 22.8 Å². The minimum atomic E-state index is 0. The van der Waals surface area contributed by atoms with E-state index in [1.807, 2.05) is 0 Å². The molecule has 0 saturated carbocycles. The normalized spacial score (nSPS) is 11.8. The molecule has 3 heteroatoms. The maximum atomic E-state index is 5.40. The van der Waals surface area contributed by atoms with Gasteiger partial charge in [-0.15, -0.1) is 0 Å². The van der Waals surface area contributed by atoms with Gasteiger partial charge in [0.15, 0.2) is 0 Å². The number of hydrogen-bond donors (Lipinski definition) is 0. The summed E-state index contributed by atoms with van der Waals surface area (Å²) in [4.78, 5) is 10.7. The van der Waals surface area contributed by atoms with E-state index in [9.17, 15) is 0 Å². The number of aryl methyl sites for hydroxylation is 4. The smallest absolute Gasteiger partial charge is 0.135 e. The van der Waals surface area contributed by atoms with E-state index in [1.165, 1.54) is 208 Å². The van der Waals surface area contributed by atoms with Crippen molar-refractivity contribution in [1.29, 1.82) is 0 Å². The first-order valence-electron chi connectivity index (χ1n) is 26.5. The summed E-state index contributed by atoms with van der Waals surface area (Å²) in [6.07, 6.45) is 47.5. The molecular weight excluding hydrogens is 831 g/mol. The summed E-state index contributed by atoms with van der Waals surface area (Å²) >= 11 is 0. The predicted molar refractivity (Wildman–Crippen MR) is 271 cm³/mol. The Labute approximate surface area is 394 Å². The minimum absolute atomic E-state index is 0. The van der Waals surface area contributed by atoms with Crippen LogP contribution in [0.25, 0.3) is 0 Å². The van der Waals surface area contributed by atoms with Crippen molar-refractivity contribution in [2.45, 2.75) is 273 Å². The Hall–Kier alpha value is -2.00. The molecule has 0 radical (unpaired) electrons. The summed E-state index contributed by atoms with van der Waals surface area (Å²) in [7, 11) is 0. The summed E-state index contributed by atoms with van der Waals surface area (Å²) in [6.45, 7) is 13.6. The molecule has 2 nitrogen and oxygen atoms in total. The molecule has 2 rings (SSSR count). The van der Waals surface area contributed by atoms with Gasteiger partial charge in [0, 0.05) is 26.8 Å². The molecule has 2 aromatic rings. The topological polar surface area (TPSA) is 24.7 Å². The molecule has 0 spiro atoms. The zero-order valence-electron chi connectivity index (χ0n) is 41.1. The zero-order chi connectivity index (χ0) is 43.1. The summed E-state index contributed by atoms with van der Waals surface area (Å²) < 4.78 is 0. The van der Waals surface area contributed by atoms with Crippen molar-refractivity contribution in [3.63, 3.8) is 0 Å². The van der Waals surface area contributed by atoms with Gasteiger partial charge in [-0.2, -0.15) is 0 Å². The summed E-state index contributed by atoms with van der Waals surface area (Å²) in [6, 6.07) is 13.6. The number of unbranched alkanes of at least 4 members (excludes halogenated alkanes) is 29. The van der Waals surface area contributed by atoms with Crippen LogP contribution in [0.4, 0.5) is 11.4 Å². The van der Waals surface area contributed by atoms with E-state index in [0.29, 0.717) is 0 Å². The number of benzene rings is 2. The van der Waals surface area contributed by atoms with Crippen molar-refractivity contribution in [1.82, 2.24) is 0 Å². The van der Waals surface area contributed by atoms with Gasteiger partial charge in [-0.05, 0) is 97.4 Å². The van der Waals surface area contributed by atoms with Crippen LogP contribution < -0.4 is 0 Å². The van der Waals surface area contributed by atoms with Gasteiger partial charge in [-0.3, -0.25) is 4.99 Å². The maximum Gasteiger partial charge on any atom is 0.135 e. The molecule has 348 valence electrons. The molecule has 0 aliphatic rings. The Balaban J connectivity index is 0.0000186. The van der Waals surface area contributed by atoms with Gasteiger partial charge in [0.1, 0.15) is 5.71 Å². The molecule has 0 unspecified atom stereocenters. The van der Waals surface area contributed by atoms with E-state index in [1.54, 1.807) is 0 Å². The number of aliphatic imine (C=N–C) groups is 2. The first-order chi connectivity index (χ1) is 29.6. The SMILES string of the molecule is CCCCCCCCCCCCCCCC#CC(=N\c1ccc(CC)c(CC)c1)/C(CCCCCCCCCCCCCCCCCCC)=N/c1ccc(CC)c(CC)c1.[Pd]. The van der Waals surface area contributed by atoms with E-state index in [0.717, 1.165) is 67.7 Å². The second-order valence-electron chi connectivity index (χ2n) is 18.0. The third kappa shape index (κ3) is 28.4. The molecule has 0 atom stereocenters. The molecule has 0 aliphatic carbocycles. The van der Waals surface area contributed by atoms with Crippen molar-refractivity contribution in [3.8, 4) is 11.8 Å². The van der Waals surface area contributed by atoms with Crippen LogP contribution in [0.15, 0.2) is 46.4 Å². The third-order valence-electron chi connectivity index (χ3n) is 12.8. The Kier molecular flexibility index (Phi) is 38.1. The van der Waals surface area contributed by atoms with Crippen LogP contribution in [0.1, 0.15) is 269 Å². The second-order valence-corrected chi connectivity index (χ2v) is 18.0. The van der Waals surface area contributed by atoms with Crippen molar-refractivity contribution < 1.29 is 20.4 Å². The molecule has 0 aliphatic heterocycles. The van der Waals surface area contributed by atoms with Gasteiger partial charge in [0.2, 0.25) is 0 Å². The van der Waals surface area contributed by atoms with E-state index in [-0.39, 0.29) is 20.4 Å². The van der Waals surface area contributed by atoms with E-state index >= 15 is 0 Å². The average Bonchev–Trinajstić information content (AvgIpc) is 3.27. The largest absolute Gasteiger partial charge is 0.251 e. The number of nitrogens with zero attached hydrogens (tertiary/aromatic N) is 2. The van der Waals surface area contributed by atoms with Gasteiger partial charge in [-0.1, -0.05) is 239 Å². The Morgan fingerprint density at radius 1 is 0.377 bits per heavy atom. The molecule has 0 amide bonds. The van der Waals surface area contributed by atoms with Gasteiger partial charge in [0.25, 0.3) is 0 Å². The molecule has 0 saturated heterocycles. The van der Waals surface area contributed by atoms with Crippen molar-refractivity contribution in [2.75, 3.05) is 0 Å². The molecule has 0 N–H and O–H groups in total. The summed E-state index contributed by atoms with van der Waals surface area (Å²) in [5, 5.41) is 0. The fourth-order valence-corrected chi connectivity index (χ4v) is 8.78. The minimum Gasteiger partial charge on any atom is -0.251 e. The molecule has 0 aromatic heterocycles. The first kappa shape index (κ1) is 57.0. The van der Waals surface area contributed by atoms with Gasteiger partial charge in [-0.25, -0.2) is 4.99 Å². The Morgan fingerprint density at radius 2 is 0.705 bits per heavy atom. The number of rotatable bonds is 38. The van der Waals surface area contributed by atoms with E-state index in [4.69, 9.17) is 9.98 Å². The third-order valence-corrected chi connectivity index (χ3v) is 12.8. The van der Waals surface area contributed by atoms with Crippen LogP contribution in [0.5, 0.6) is 0 Å². The van der Waals surface area contributed by atoms with Crippen LogP contribution in [-0.2, 0) is 46.1 Å². The van der Waals surface area contributed by atoms with Crippen LogP contribution in [0.2, 0.25) is 0 Å². The molecule has 0 bridgehead atoms. The van der Waals surface area contributed by atoms with Crippen molar-refractivity contribution in [3.05, 3.63) is 58.7 Å². The zero-order valence-corrected chi connectivity index (χ0v) is 42.7. The summed E-state index contributed by atoms with van der Waals surface area (Å²) in [5.41, 5.74) is 9.67. The quantitative estimate of drug-likeness (QED) is 0.0277. The van der Waals surface area contributed by atoms with Crippen LogP contribution in [0.3, 0.4) is 0 Å². The first-order valence-corrected chi connectivity index (χ1v) is 26.5. The molecular formula is C58H96N2Pd. The molecule has 2 aromatic carbocycles. The molecule has 0 heterocycles.